The topological polar surface area (TPSA) is 78.9 Å². The number of hydrogen-bond donors (Lipinski definition) is 0. The zero-order chi connectivity index (χ0) is 40.1. The molecular weight excluding hydrogens is 685 g/mol. The lowest BCUT2D eigenvalue weighted by molar-refractivity contribution is -0.167. The van der Waals surface area contributed by atoms with Crippen molar-refractivity contribution in [3.05, 3.63) is 36.5 Å². The van der Waals surface area contributed by atoms with E-state index in [2.05, 4.69) is 57.2 Å². The van der Waals surface area contributed by atoms with Crippen LogP contribution < -0.4 is 0 Å². The fourth-order valence-electron chi connectivity index (χ4n) is 6.48. The molecule has 0 heterocycles. The van der Waals surface area contributed by atoms with Crippen molar-refractivity contribution in [3.8, 4) is 0 Å². The van der Waals surface area contributed by atoms with E-state index >= 15 is 0 Å². The third kappa shape index (κ3) is 42.6. The Balaban J connectivity index is 4.40. The van der Waals surface area contributed by atoms with Gasteiger partial charge < -0.3 is 14.2 Å². The Kier molecular flexibility index (Phi) is 42.4. The summed E-state index contributed by atoms with van der Waals surface area (Å²) in [6.45, 7) is 6.55. The SMILES string of the molecule is CCCCC/C=C\CCCCCCCC(=O)OC[C@H](COC(=O)CCCCCCC/C=C\CCCCCC)OC(=O)CCCCCCC/C=C\CCCCC. The molecule has 0 aromatic heterocycles. The highest BCUT2D eigenvalue weighted by molar-refractivity contribution is 5.71. The molecule has 0 bridgehead atoms. The summed E-state index contributed by atoms with van der Waals surface area (Å²) in [6.07, 6.45) is 49.7. The second kappa shape index (κ2) is 44.3. The van der Waals surface area contributed by atoms with Crippen LogP contribution in [0.1, 0.15) is 239 Å². The van der Waals surface area contributed by atoms with Crippen molar-refractivity contribution in [3.63, 3.8) is 0 Å². The van der Waals surface area contributed by atoms with Crippen LogP contribution in [0.25, 0.3) is 0 Å². The zero-order valence-corrected chi connectivity index (χ0v) is 36.4. The minimum absolute atomic E-state index is 0.0817. The fourth-order valence-corrected chi connectivity index (χ4v) is 6.48. The highest BCUT2D eigenvalue weighted by Crippen LogP contribution is 2.13. The summed E-state index contributed by atoms with van der Waals surface area (Å²) in [6, 6.07) is 0. The molecule has 0 saturated heterocycles. The Morgan fingerprint density at radius 3 is 0.945 bits per heavy atom. The van der Waals surface area contributed by atoms with Crippen LogP contribution in [-0.4, -0.2) is 37.2 Å². The van der Waals surface area contributed by atoms with Gasteiger partial charge in [-0.25, -0.2) is 0 Å². The summed E-state index contributed by atoms with van der Waals surface area (Å²) < 4.78 is 16.7. The van der Waals surface area contributed by atoms with Crippen molar-refractivity contribution in [1.82, 2.24) is 0 Å². The lowest BCUT2D eigenvalue weighted by atomic mass is 10.1. The minimum atomic E-state index is -0.778. The number of allylic oxidation sites excluding steroid dienone is 6. The fraction of sp³-hybridized carbons (Fsp3) is 0.816. The summed E-state index contributed by atoms with van der Waals surface area (Å²) >= 11 is 0. The lowest BCUT2D eigenvalue weighted by Gasteiger charge is -2.18. The predicted molar refractivity (Wildman–Crippen MR) is 233 cm³/mol. The smallest absolute Gasteiger partial charge is 0.306 e. The average Bonchev–Trinajstić information content (AvgIpc) is 3.18. The molecule has 0 aromatic rings. The van der Waals surface area contributed by atoms with Gasteiger partial charge in [-0.05, 0) is 96.3 Å². The van der Waals surface area contributed by atoms with Crippen LogP contribution in [0.5, 0.6) is 0 Å². The van der Waals surface area contributed by atoms with Crippen LogP contribution in [0.15, 0.2) is 36.5 Å². The van der Waals surface area contributed by atoms with Crippen molar-refractivity contribution in [2.24, 2.45) is 0 Å². The van der Waals surface area contributed by atoms with Crippen molar-refractivity contribution in [2.75, 3.05) is 13.2 Å². The lowest BCUT2D eigenvalue weighted by Crippen LogP contribution is -2.30. The number of carbonyl (C=O) groups excluding carboxylic acids is 3. The van der Waals surface area contributed by atoms with Crippen LogP contribution in [0.3, 0.4) is 0 Å². The molecule has 0 saturated carbocycles. The molecule has 0 spiro atoms. The van der Waals surface area contributed by atoms with E-state index in [0.717, 1.165) is 83.5 Å². The van der Waals surface area contributed by atoms with Gasteiger partial charge in [0.2, 0.25) is 0 Å². The second-order valence-corrected chi connectivity index (χ2v) is 15.7. The van der Waals surface area contributed by atoms with E-state index < -0.39 is 6.10 Å². The molecule has 0 radical (unpaired) electrons. The third-order valence-corrected chi connectivity index (χ3v) is 10.1. The van der Waals surface area contributed by atoms with Gasteiger partial charge in [-0.3, -0.25) is 14.4 Å². The maximum atomic E-state index is 12.7. The van der Waals surface area contributed by atoms with Gasteiger partial charge in [0.05, 0.1) is 0 Å². The minimum Gasteiger partial charge on any atom is -0.462 e. The normalized spacial score (nSPS) is 12.3. The van der Waals surface area contributed by atoms with E-state index in [9.17, 15) is 14.4 Å². The van der Waals surface area contributed by atoms with Crippen LogP contribution >= 0.6 is 0 Å². The molecule has 0 aliphatic carbocycles. The number of ether oxygens (including phenoxy) is 3. The van der Waals surface area contributed by atoms with Crippen LogP contribution in [0.2, 0.25) is 0 Å². The number of carbonyl (C=O) groups is 3. The van der Waals surface area contributed by atoms with Gasteiger partial charge in [0.15, 0.2) is 6.10 Å². The molecule has 6 heteroatoms. The molecule has 1 atom stereocenters. The van der Waals surface area contributed by atoms with Gasteiger partial charge in [-0.1, -0.05) is 160 Å². The molecule has 0 aliphatic rings. The summed E-state index contributed by atoms with van der Waals surface area (Å²) in [7, 11) is 0. The molecule has 0 N–H and O–H groups in total. The summed E-state index contributed by atoms with van der Waals surface area (Å²) in [5, 5.41) is 0. The standard InChI is InChI=1S/C49H88O6/c1-4-7-10-13-16-19-22-25-28-30-33-36-39-42-48(51)54-45-46(55-49(52)43-40-37-34-31-27-24-21-18-15-12-9-6-3)44-53-47(50)41-38-35-32-29-26-23-20-17-14-11-8-5-2/h17-22,46H,4-16,23-45H2,1-3H3/b20-17-,21-18-,22-19-/t46-/m1/s1. The van der Waals surface area contributed by atoms with E-state index in [1.807, 2.05) is 0 Å². The number of unbranched alkanes of at least 4 members (excludes halogenated alkanes) is 25. The molecular formula is C49H88O6. The highest BCUT2D eigenvalue weighted by atomic mass is 16.6. The average molecular weight is 773 g/mol. The summed E-state index contributed by atoms with van der Waals surface area (Å²) in [4.78, 5) is 37.7. The number of esters is 3. The quantitative estimate of drug-likeness (QED) is 0.0266. The van der Waals surface area contributed by atoms with E-state index in [1.54, 1.807) is 0 Å². The molecule has 55 heavy (non-hydrogen) atoms. The van der Waals surface area contributed by atoms with Crippen molar-refractivity contribution in [1.29, 1.82) is 0 Å². The van der Waals surface area contributed by atoms with Gasteiger partial charge in [-0.15, -0.1) is 0 Å². The van der Waals surface area contributed by atoms with E-state index in [1.165, 1.54) is 116 Å². The Bertz CT molecular complexity index is 938. The molecule has 0 fully saturated rings. The summed E-state index contributed by atoms with van der Waals surface area (Å²) in [5.74, 6) is -0.906. The predicted octanol–water partition coefficient (Wildman–Crippen LogP) is 15.0. The maximum absolute atomic E-state index is 12.7. The highest BCUT2D eigenvalue weighted by Gasteiger charge is 2.19. The van der Waals surface area contributed by atoms with E-state index in [4.69, 9.17) is 14.2 Å². The van der Waals surface area contributed by atoms with Crippen LogP contribution in [-0.2, 0) is 28.6 Å². The van der Waals surface area contributed by atoms with Gasteiger partial charge in [0.1, 0.15) is 13.2 Å². The first-order valence-electron chi connectivity index (χ1n) is 23.5. The Morgan fingerprint density at radius 1 is 0.345 bits per heavy atom. The Morgan fingerprint density at radius 2 is 0.600 bits per heavy atom. The Hall–Kier alpha value is -2.37. The second-order valence-electron chi connectivity index (χ2n) is 15.7. The largest absolute Gasteiger partial charge is 0.462 e. The molecule has 0 aliphatic heterocycles. The molecule has 320 valence electrons. The maximum Gasteiger partial charge on any atom is 0.306 e. The third-order valence-electron chi connectivity index (χ3n) is 10.1. The van der Waals surface area contributed by atoms with Crippen LogP contribution in [0.4, 0.5) is 0 Å². The molecule has 0 amide bonds. The molecule has 0 rings (SSSR count). The monoisotopic (exact) mass is 773 g/mol. The first-order chi connectivity index (χ1) is 27.0. The molecule has 0 unspecified atom stereocenters. The van der Waals surface area contributed by atoms with Gasteiger partial charge >= 0.3 is 17.9 Å². The van der Waals surface area contributed by atoms with Crippen LogP contribution in [0, 0.1) is 0 Å². The van der Waals surface area contributed by atoms with Gasteiger partial charge in [-0.2, -0.15) is 0 Å². The number of rotatable bonds is 42. The summed E-state index contributed by atoms with van der Waals surface area (Å²) in [5.41, 5.74) is 0. The number of hydrogen-bond acceptors (Lipinski definition) is 6. The van der Waals surface area contributed by atoms with Gasteiger partial charge in [0.25, 0.3) is 0 Å². The first kappa shape index (κ1) is 52.6. The molecule has 6 nitrogen and oxygen atoms in total. The first-order valence-corrected chi connectivity index (χ1v) is 23.5. The zero-order valence-electron chi connectivity index (χ0n) is 36.4. The molecule has 0 aromatic carbocycles. The van der Waals surface area contributed by atoms with Crippen molar-refractivity contribution in [2.45, 2.75) is 245 Å². The van der Waals surface area contributed by atoms with E-state index in [-0.39, 0.29) is 31.1 Å². The Labute approximate surface area is 340 Å². The van der Waals surface area contributed by atoms with E-state index in [0.29, 0.717) is 19.3 Å². The van der Waals surface area contributed by atoms with Gasteiger partial charge in [0, 0.05) is 19.3 Å². The van der Waals surface area contributed by atoms with Crippen molar-refractivity contribution < 1.29 is 28.6 Å². The van der Waals surface area contributed by atoms with Crippen molar-refractivity contribution >= 4 is 17.9 Å².